The first-order valence-electron chi connectivity index (χ1n) is 6.07. The maximum atomic E-state index is 11.6. The molecule has 0 aliphatic carbocycles. The average Bonchev–Trinajstić information content (AvgIpc) is 2.90. The molecule has 1 aromatic carbocycles. The van der Waals surface area contributed by atoms with Gasteiger partial charge in [0.1, 0.15) is 5.69 Å². The number of esters is 1. The molecule has 2 rings (SSSR count). The lowest BCUT2D eigenvalue weighted by atomic mass is 9.95. The van der Waals surface area contributed by atoms with Crippen LogP contribution in [0.25, 0.3) is 11.3 Å². The fourth-order valence-corrected chi connectivity index (χ4v) is 1.99. The summed E-state index contributed by atoms with van der Waals surface area (Å²) in [6, 6.07) is 8.31. The number of hydrogen-bond donors (Lipinski definition) is 2. The predicted octanol–water partition coefficient (Wildman–Crippen LogP) is 2.26. The van der Waals surface area contributed by atoms with Gasteiger partial charge in [-0.25, -0.2) is 0 Å². The first-order valence-corrected chi connectivity index (χ1v) is 6.44. The van der Waals surface area contributed by atoms with E-state index >= 15 is 0 Å². The van der Waals surface area contributed by atoms with Crippen molar-refractivity contribution >= 4 is 29.2 Å². The van der Waals surface area contributed by atoms with Gasteiger partial charge >= 0.3 is 5.97 Å². The van der Waals surface area contributed by atoms with Gasteiger partial charge in [0.25, 0.3) is 0 Å². The van der Waals surface area contributed by atoms with Crippen LogP contribution in [0.2, 0.25) is 5.02 Å². The Hall–Kier alpha value is -2.85. The van der Waals surface area contributed by atoms with Crippen molar-refractivity contribution in [2.24, 2.45) is 5.92 Å². The Bertz CT molecular complexity index is 761. The van der Waals surface area contributed by atoms with Crippen molar-refractivity contribution in [1.82, 2.24) is 5.16 Å². The average molecular weight is 319 g/mol. The minimum absolute atomic E-state index is 0.0827. The summed E-state index contributed by atoms with van der Waals surface area (Å²) < 4.78 is 9.41. The number of aromatic nitrogens is 1. The molecule has 3 N–H and O–H groups in total. The van der Waals surface area contributed by atoms with Crippen molar-refractivity contribution < 1.29 is 14.1 Å². The molecule has 0 spiro atoms. The van der Waals surface area contributed by atoms with Gasteiger partial charge in [-0.05, 0) is 12.1 Å². The number of nitriles is 1. The summed E-state index contributed by atoms with van der Waals surface area (Å²) >= 11 is 5.82. The summed E-state index contributed by atoms with van der Waals surface area (Å²) in [6.45, 7) is 0. The SMILES string of the molecule is COC(=O)C(C#N)C(=N)c1c(-c2ccc(Cl)cc2)noc1N. The van der Waals surface area contributed by atoms with Crippen molar-refractivity contribution in [2.75, 3.05) is 12.8 Å². The summed E-state index contributed by atoms with van der Waals surface area (Å²) in [5, 5.41) is 21.5. The number of nitrogens with two attached hydrogens (primary N) is 1. The molecule has 0 radical (unpaired) electrons. The normalized spacial score (nSPS) is 11.5. The van der Waals surface area contributed by atoms with E-state index in [2.05, 4.69) is 9.89 Å². The molecule has 0 saturated heterocycles. The van der Waals surface area contributed by atoms with E-state index in [4.69, 9.17) is 32.5 Å². The van der Waals surface area contributed by atoms with Crippen LogP contribution in [0.1, 0.15) is 5.56 Å². The fraction of sp³-hybridized carbons (Fsp3) is 0.143. The zero-order valence-corrected chi connectivity index (χ0v) is 12.2. The van der Waals surface area contributed by atoms with Crippen molar-refractivity contribution in [3.05, 3.63) is 34.9 Å². The molecule has 112 valence electrons. The molecule has 1 aromatic heterocycles. The lowest BCUT2D eigenvalue weighted by Gasteiger charge is -2.09. The second-order valence-corrected chi connectivity index (χ2v) is 4.71. The molecular weight excluding hydrogens is 308 g/mol. The minimum Gasteiger partial charge on any atom is -0.468 e. The molecule has 0 fully saturated rings. The highest BCUT2D eigenvalue weighted by Crippen LogP contribution is 2.30. The molecule has 7 nitrogen and oxygen atoms in total. The number of halogens is 1. The zero-order valence-electron chi connectivity index (χ0n) is 11.5. The number of methoxy groups -OCH3 is 1. The summed E-state index contributed by atoms with van der Waals surface area (Å²) in [4.78, 5) is 11.6. The number of ether oxygens (including phenoxy) is 1. The van der Waals surface area contributed by atoms with Gasteiger partial charge in [-0.15, -0.1) is 0 Å². The largest absolute Gasteiger partial charge is 0.468 e. The predicted molar refractivity (Wildman–Crippen MR) is 79.3 cm³/mol. The summed E-state index contributed by atoms with van der Waals surface area (Å²) in [5.74, 6) is -2.42. The van der Waals surface area contributed by atoms with E-state index < -0.39 is 11.9 Å². The summed E-state index contributed by atoms with van der Waals surface area (Å²) in [5.41, 5.74) is 6.28. The fourth-order valence-electron chi connectivity index (χ4n) is 1.87. The quantitative estimate of drug-likeness (QED) is 0.657. The third kappa shape index (κ3) is 2.77. The number of benzene rings is 1. The van der Waals surface area contributed by atoms with Crippen LogP contribution in [0.15, 0.2) is 28.8 Å². The Balaban J connectivity index is 2.50. The molecule has 0 aliphatic heterocycles. The van der Waals surface area contributed by atoms with Gasteiger partial charge < -0.3 is 20.4 Å². The number of rotatable bonds is 4. The first-order chi connectivity index (χ1) is 10.5. The number of carbonyl (C=O) groups is 1. The van der Waals surface area contributed by atoms with Gasteiger partial charge in [-0.3, -0.25) is 4.79 Å². The van der Waals surface area contributed by atoms with E-state index in [9.17, 15) is 4.79 Å². The van der Waals surface area contributed by atoms with Gasteiger partial charge in [0.05, 0.1) is 24.5 Å². The van der Waals surface area contributed by atoms with Crippen molar-refractivity contribution in [3.8, 4) is 17.3 Å². The number of hydrogen-bond acceptors (Lipinski definition) is 7. The van der Waals surface area contributed by atoms with Crippen LogP contribution in [-0.4, -0.2) is 23.9 Å². The Labute approximate surface area is 130 Å². The maximum Gasteiger partial charge on any atom is 0.329 e. The van der Waals surface area contributed by atoms with Crippen LogP contribution < -0.4 is 5.73 Å². The molecule has 1 unspecified atom stereocenters. The van der Waals surface area contributed by atoms with E-state index in [0.717, 1.165) is 7.11 Å². The zero-order chi connectivity index (χ0) is 16.3. The highest BCUT2D eigenvalue weighted by atomic mass is 35.5. The lowest BCUT2D eigenvalue weighted by Crippen LogP contribution is -2.24. The Morgan fingerprint density at radius 2 is 2.14 bits per heavy atom. The molecule has 1 heterocycles. The third-order valence-corrected chi connectivity index (χ3v) is 3.21. The third-order valence-electron chi connectivity index (χ3n) is 2.96. The molecule has 1 atom stereocenters. The highest BCUT2D eigenvalue weighted by molar-refractivity contribution is 6.30. The molecule has 2 aromatic rings. The van der Waals surface area contributed by atoms with Gasteiger partial charge in [-0.1, -0.05) is 28.9 Å². The van der Waals surface area contributed by atoms with E-state index in [1.54, 1.807) is 30.3 Å². The molecular formula is C14H11ClN4O3. The Morgan fingerprint density at radius 3 is 2.68 bits per heavy atom. The van der Waals surface area contributed by atoms with Crippen molar-refractivity contribution in [1.29, 1.82) is 10.7 Å². The Morgan fingerprint density at radius 1 is 1.50 bits per heavy atom. The number of anilines is 1. The van der Waals surface area contributed by atoms with E-state index in [-0.39, 0.29) is 22.9 Å². The maximum absolute atomic E-state index is 11.6. The van der Waals surface area contributed by atoms with Gasteiger partial charge in [0, 0.05) is 10.6 Å². The molecule has 0 aliphatic rings. The van der Waals surface area contributed by atoms with Crippen LogP contribution in [0.3, 0.4) is 0 Å². The second kappa shape index (κ2) is 6.28. The highest BCUT2D eigenvalue weighted by Gasteiger charge is 2.31. The molecule has 22 heavy (non-hydrogen) atoms. The van der Waals surface area contributed by atoms with Crippen LogP contribution in [0.4, 0.5) is 5.88 Å². The standard InChI is InChI=1S/C14H11ClN4O3/c1-21-14(20)9(6-16)11(17)10-12(19-22-13(10)18)7-2-4-8(15)5-3-7/h2-5,9,17H,18H2,1H3. The van der Waals surface area contributed by atoms with Crippen LogP contribution in [-0.2, 0) is 9.53 Å². The molecule has 8 heteroatoms. The van der Waals surface area contributed by atoms with Gasteiger partial charge in [0.2, 0.25) is 5.88 Å². The number of nitrogen functional groups attached to an aromatic ring is 1. The van der Waals surface area contributed by atoms with E-state index in [1.165, 1.54) is 0 Å². The molecule has 0 saturated carbocycles. The first kappa shape index (κ1) is 15.5. The lowest BCUT2D eigenvalue weighted by molar-refractivity contribution is -0.141. The summed E-state index contributed by atoms with van der Waals surface area (Å²) in [6.07, 6.45) is 0. The Kier molecular flexibility index (Phi) is 4.44. The van der Waals surface area contributed by atoms with Crippen molar-refractivity contribution in [2.45, 2.75) is 0 Å². The number of nitrogens with one attached hydrogen (secondary N) is 1. The van der Waals surface area contributed by atoms with E-state index in [0.29, 0.717) is 10.6 Å². The number of nitrogens with zero attached hydrogens (tertiary/aromatic N) is 2. The minimum atomic E-state index is -1.42. The van der Waals surface area contributed by atoms with Crippen LogP contribution >= 0.6 is 11.6 Å². The number of carbonyl (C=O) groups excluding carboxylic acids is 1. The topological polar surface area (TPSA) is 126 Å². The smallest absolute Gasteiger partial charge is 0.329 e. The van der Waals surface area contributed by atoms with Gasteiger partial charge in [0.15, 0.2) is 5.92 Å². The summed E-state index contributed by atoms with van der Waals surface area (Å²) in [7, 11) is 1.14. The van der Waals surface area contributed by atoms with Crippen LogP contribution in [0, 0.1) is 22.7 Å². The second-order valence-electron chi connectivity index (χ2n) is 4.28. The molecule has 0 bridgehead atoms. The van der Waals surface area contributed by atoms with Crippen LogP contribution in [0.5, 0.6) is 0 Å². The van der Waals surface area contributed by atoms with E-state index in [1.807, 2.05) is 0 Å². The van der Waals surface area contributed by atoms with Crippen molar-refractivity contribution in [3.63, 3.8) is 0 Å². The van der Waals surface area contributed by atoms with Gasteiger partial charge in [-0.2, -0.15) is 5.26 Å². The molecule has 0 amide bonds. The monoisotopic (exact) mass is 318 g/mol.